The van der Waals surface area contributed by atoms with E-state index in [1.54, 1.807) is 0 Å². The number of aliphatic carboxylic acids is 1. The van der Waals surface area contributed by atoms with E-state index in [0.29, 0.717) is 12.8 Å². The lowest BCUT2D eigenvalue weighted by Gasteiger charge is -2.38. The number of nitrogens with zero attached hydrogens (tertiary/aromatic N) is 1. The highest BCUT2D eigenvalue weighted by atomic mass is 16.4. The Morgan fingerprint density at radius 2 is 2.00 bits per heavy atom. The second-order valence-corrected chi connectivity index (χ2v) is 3.07. The molecule has 1 rings (SSSR count). The molecule has 1 fully saturated rings. The molecule has 0 bridgehead atoms. The van der Waals surface area contributed by atoms with Crippen LogP contribution in [0.25, 0.3) is 0 Å². The third-order valence-electron chi connectivity index (χ3n) is 2.21. The minimum atomic E-state index is -2.11. The Labute approximate surface area is 74.9 Å². The van der Waals surface area contributed by atoms with Crippen molar-refractivity contribution in [1.29, 1.82) is 0 Å². The van der Waals surface area contributed by atoms with Crippen LogP contribution in [0.15, 0.2) is 0 Å². The molecule has 6 nitrogen and oxygen atoms in total. The molecule has 13 heavy (non-hydrogen) atoms. The van der Waals surface area contributed by atoms with Gasteiger partial charge in [0.25, 0.3) is 0 Å². The van der Waals surface area contributed by atoms with E-state index < -0.39 is 17.7 Å². The second kappa shape index (κ2) is 3.21. The van der Waals surface area contributed by atoms with Gasteiger partial charge in [-0.1, -0.05) is 0 Å². The first kappa shape index (κ1) is 9.79. The summed E-state index contributed by atoms with van der Waals surface area (Å²) in [6.45, 7) is 0.193. The summed E-state index contributed by atoms with van der Waals surface area (Å²) >= 11 is 0. The number of primary amides is 1. The fourth-order valence-corrected chi connectivity index (χ4v) is 1.48. The molecule has 1 aliphatic rings. The van der Waals surface area contributed by atoms with Crippen molar-refractivity contribution in [3.63, 3.8) is 0 Å². The molecule has 1 heterocycles. The molecule has 74 valence electrons. The molecule has 0 saturated carbocycles. The molecule has 1 saturated heterocycles. The summed E-state index contributed by atoms with van der Waals surface area (Å²) in [5.74, 6) is -1.42. The zero-order valence-corrected chi connectivity index (χ0v) is 7.06. The Morgan fingerprint density at radius 1 is 1.38 bits per heavy atom. The first-order chi connectivity index (χ1) is 5.98. The number of carboxylic acid groups (broad SMARTS) is 1. The quantitative estimate of drug-likeness (QED) is 0.507. The van der Waals surface area contributed by atoms with Crippen molar-refractivity contribution < 1.29 is 19.8 Å². The van der Waals surface area contributed by atoms with Gasteiger partial charge >= 0.3 is 12.0 Å². The maximum atomic E-state index is 10.8. The zero-order valence-electron chi connectivity index (χ0n) is 7.06. The molecule has 0 radical (unpaired) electrons. The molecule has 0 aromatic rings. The molecule has 0 aromatic heterocycles. The molecule has 0 aromatic carbocycles. The summed E-state index contributed by atoms with van der Waals surface area (Å²) < 4.78 is 0. The predicted molar refractivity (Wildman–Crippen MR) is 42.7 cm³/mol. The Morgan fingerprint density at radius 3 is 2.38 bits per heavy atom. The fraction of sp³-hybridized carbons (Fsp3) is 0.714. The number of urea groups is 1. The van der Waals surface area contributed by atoms with E-state index in [1.165, 1.54) is 0 Å². The monoisotopic (exact) mass is 188 g/mol. The van der Waals surface area contributed by atoms with Gasteiger partial charge in [0, 0.05) is 13.0 Å². The number of likely N-dealkylation sites (tertiary alicyclic amines) is 1. The van der Waals surface area contributed by atoms with Crippen LogP contribution in [0.3, 0.4) is 0 Å². The number of amides is 2. The van der Waals surface area contributed by atoms with E-state index in [1.807, 2.05) is 0 Å². The standard InChI is InChI=1S/C7H12N2O4/c8-6(12)9-4-2-1-3-7(9,13)5(10)11/h13H,1-4H2,(H2,8,12)(H,10,11). The largest absolute Gasteiger partial charge is 0.478 e. The van der Waals surface area contributed by atoms with Gasteiger partial charge in [-0.05, 0) is 12.8 Å². The molecule has 1 unspecified atom stereocenters. The SMILES string of the molecule is NC(=O)N1CCCCC1(O)C(=O)O. The van der Waals surface area contributed by atoms with Crippen LogP contribution >= 0.6 is 0 Å². The van der Waals surface area contributed by atoms with Gasteiger partial charge in [0.05, 0.1) is 0 Å². The van der Waals surface area contributed by atoms with Crippen LogP contribution in [0.5, 0.6) is 0 Å². The van der Waals surface area contributed by atoms with Crippen molar-refractivity contribution in [3.05, 3.63) is 0 Å². The molecule has 2 amide bonds. The van der Waals surface area contributed by atoms with Crippen molar-refractivity contribution >= 4 is 12.0 Å². The van der Waals surface area contributed by atoms with Gasteiger partial charge in [0.1, 0.15) is 0 Å². The number of aliphatic hydroxyl groups is 1. The summed E-state index contributed by atoms with van der Waals surface area (Å²) in [5.41, 5.74) is 2.84. The minimum Gasteiger partial charge on any atom is -0.478 e. The van der Waals surface area contributed by atoms with Crippen LogP contribution in [0, 0.1) is 0 Å². The molecule has 0 aliphatic carbocycles. The molecule has 1 aliphatic heterocycles. The summed E-state index contributed by atoms with van der Waals surface area (Å²) in [7, 11) is 0. The van der Waals surface area contributed by atoms with E-state index in [0.717, 1.165) is 4.90 Å². The van der Waals surface area contributed by atoms with Crippen molar-refractivity contribution in [2.45, 2.75) is 25.0 Å². The number of piperidine rings is 1. The Balaban J connectivity index is 2.89. The summed E-state index contributed by atoms with van der Waals surface area (Å²) in [5, 5.41) is 18.3. The molecular formula is C7H12N2O4. The molecule has 6 heteroatoms. The van der Waals surface area contributed by atoms with Gasteiger partial charge in [-0.3, -0.25) is 4.90 Å². The van der Waals surface area contributed by atoms with Gasteiger partial charge in [0.15, 0.2) is 0 Å². The molecule has 0 spiro atoms. The van der Waals surface area contributed by atoms with Gasteiger partial charge in [0.2, 0.25) is 5.72 Å². The van der Waals surface area contributed by atoms with Crippen LogP contribution in [-0.4, -0.2) is 39.4 Å². The Kier molecular flexibility index (Phi) is 2.42. The highest BCUT2D eigenvalue weighted by Crippen LogP contribution is 2.25. The number of hydrogen-bond acceptors (Lipinski definition) is 3. The second-order valence-electron chi connectivity index (χ2n) is 3.07. The van der Waals surface area contributed by atoms with Crippen molar-refractivity contribution in [3.8, 4) is 0 Å². The minimum absolute atomic E-state index is 0.0330. The van der Waals surface area contributed by atoms with E-state index >= 15 is 0 Å². The van der Waals surface area contributed by atoms with E-state index in [4.69, 9.17) is 10.8 Å². The predicted octanol–water partition coefficient (Wildman–Crippen LogP) is -0.676. The lowest BCUT2D eigenvalue weighted by Crippen LogP contribution is -2.60. The van der Waals surface area contributed by atoms with Crippen LogP contribution < -0.4 is 5.73 Å². The van der Waals surface area contributed by atoms with Crippen molar-refractivity contribution in [1.82, 2.24) is 4.90 Å². The third-order valence-corrected chi connectivity index (χ3v) is 2.21. The van der Waals surface area contributed by atoms with Crippen molar-refractivity contribution in [2.24, 2.45) is 5.73 Å². The maximum absolute atomic E-state index is 10.8. The Bertz CT molecular complexity index is 243. The fourth-order valence-electron chi connectivity index (χ4n) is 1.48. The summed E-state index contributed by atoms with van der Waals surface area (Å²) in [4.78, 5) is 22.3. The average Bonchev–Trinajstić information content (AvgIpc) is 2.04. The molecule has 4 N–H and O–H groups in total. The van der Waals surface area contributed by atoms with Gasteiger partial charge < -0.3 is 15.9 Å². The number of rotatable bonds is 1. The average molecular weight is 188 g/mol. The first-order valence-corrected chi connectivity index (χ1v) is 4.01. The first-order valence-electron chi connectivity index (χ1n) is 4.01. The highest BCUT2D eigenvalue weighted by Gasteiger charge is 2.45. The number of nitrogens with two attached hydrogens (primary N) is 1. The van der Waals surface area contributed by atoms with Crippen LogP contribution in [0.1, 0.15) is 19.3 Å². The van der Waals surface area contributed by atoms with Crippen molar-refractivity contribution in [2.75, 3.05) is 6.54 Å². The topological polar surface area (TPSA) is 104 Å². The summed E-state index contributed by atoms with van der Waals surface area (Å²) in [6, 6.07) is -0.899. The Hall–Kier alpha value is -1.30. The van der Waals surface area contributed by atoms with E-state index in [2.05, 4.69) is 0 Å². The maximum Gasteiger partial charge on any atom is 0.357 e. The zero-order chi connectivity index (χ0) is 10.1. The highest BCUT2D eigenvalue weighted by molar-refractivity contribution is 5.84. The van der Waals surface area contributed by atoms with Crippen LogP contribution in [-0.2, 0) is 4.79 Å². The number of carbonyl (C=O) groups excluding carboxylic acids is 1. The third kappa shape index (κ3) is 1.57. The number of carboxylic acids is 1. The van der Waals surface area contributed by atoms with E-state index in [9.17, 15) is 14.7 Å². The molecular weight excluding hydrogens is 176 g/mol. The summed E-state index contributed by atoms with van der Waals surface area (Å²) in [6.07, 6.45) is 1.27. The van der Waals surface area contributed by atoms with Gasteiger partial charge in [-0.15, -0.1) is 0 Å². The van der Waals surface area contributed by atoms with E-state index in [-0.39, 0.29) is 13.0 Å². The van der Waals surface area contributed by atoms with Gasteiger partial charge in [-0.2, -0.15) is 0 Å². The number of hydrogen-bond donors (Lipinski definition) is 3. The lowest BCUT2D eigenvalue weighted by atomic mass is 9.99. The molecule has 1 atom stereocenters. The van der Waals surface area contributed by atoms with Crippen LogP contribution in [0.2, 0.25) is 0 Å². The smallest absolute Gasteiger partial charge is 0.357 e. The number of carbonyl (C=O) groups is 2. The van der Waals surface area contributed by atoms with Crippen LogP contribution in [0.4, 0.5) is 4.79 Å². The van der Waals surface area contributed by atoms with Gasteiger partial charge in [-0.25, -0.2) is 9.59 Å². The normalized spacial score (nSPS) is 28.5. The lowest BCUT2D eigenvalue weighted by molar-refractivity contribution is -0.181.